The number of rotatable bonds is 5. The summed E-state index contributed by atoms with van der Waals surface area (Å²) in [5, 5.41) is 2.74. The molecule has 0 aromatic heterocycles. The first-order chi connectivity index (χ1) is 12.0. The third kappa shape index (κ3) is 4.95. The average molecular weight is 393 g/mol. The summed E-state index contributed by atoms with van der Waals surface area (Å²) in [6.07, 6.45) is -4.75. The van der Waals surface area contributed by atoms with Crippen molar-refractivity contribution in [2.45, 2.75) is 31.0 Å². The van der Waals surface area contributed by atoms with Crippen molar-refractivity contribution in [2.24, 2.45) is 0 Å². The van der Waals surface area contributed by atoms with Gasteiger partial charge >= 0.3 is 6.18 Å². The van der Waals surface area contributed by atoms with Crippen LogP contribution in [-0.2, 0) is 21.0 Å². The van der Waals surface area contributed by atoms with E-state index in [0.29, 0.717) is 0 Å². The van der Waals surface area contributed by atoms with Crippen molar-refractivity contribution in [3.05, 3.63) is 29.8 Å². The van der Waals surface area contributed by atoms with Crippen LogP contribution in [0.4, 0.5) is 13.2 Å². The van der Waals surface area contributed by atoms with Crippen LogP contribution < -0.4 is 5.32 Å². The standard InChI is InChI=1S/C16H22F3N3O3S/c1-12(2)20-15(23)11-21-7-9-22(10-8-21)26(24,25)14-6-4-3-5-13(14)16(17,18)19/h3-6,12H,7-11H2,1-2H3,(H,20,23). The molecule has 0 unspecified atom stereocenters. The van der Waals surface area contributed by atoms with E-state index in [9.17, 15) is 26.4 Å². The molecule has 1 amide bonds. The normalized spacial score (nSPS) is 17.5. The minimum atomic E-state index is -4.75. The molecule has 1 aliphatic heterocycles. The molecular formula is C16H22F3N3O3S. The molecule has 2 rings (SSSR count). The van der Waals surface area contributed by atoms with Crippen LogP contribution in [0.15, 0.2) is 29.2 Å². The number of piperazine rings is 1. The topological polar surface area (TPSA) is 69.7 Å². The van der Waals surface area contributed by atoms with Crippen LogP contribution in [0.3, 0.4) is 0 Å². The highest BCUT2D eigenvalue weighted by Gasteiger charge is 2.39. The van der Waals surface area contributed by atoms with Gasteiger partial charge in [-0.2, -0.15) is 17.5 Å². The lowest BCUT2D eigenvalue weighted by Crippen LogP contribution is -2.51. The molecule has 26 heavy (non-hydrogen) atoms. The van der Waals surface area contributed by atoms with Crippen molar-refractivity contribution in [1.82, 2.24) is 14.5 Å². The fraction of sp³-hybridized carbons (Fsp3) is 0.562. The smallest absolute Gasteiger partial charge is 0.353 e. The molecule has 1 fully saturated rings. The van der Waals surface area contributed by atoms with Gasteiger partial charge in [0, 0.05) is 32.2 Å². The molecule has 0 atom stereocenters. The van der Waals surface area contributed by atoms with Crippen LogP contribution >= 0.6 is 0 Å². The highest BCUT2D eigenvalue weighted by molar-refractivity contribution is 7.89. The Kier molecular flexibility index (Phi) is 6.30. The minimum absolute atomic E-state index is 0.00281. The molecule has 1 aliphatic rings. The number of hydrogen-bond donors (Lipinski definition) is 1. The number of nitrogens with zero attached hydrogens (tertiary/aromatic N) is 2. The molecule has 146 valence electrons. The number of hydrogen-bond acceptors (Lipinski definition) is 4. The summed E-state index contributed by atoms with van der Waals surface area (Å²) in [7, 11) is -4.26. The number of amides is 1. The predicted octanol–water partition coefficient (Wildman–Crippen LogP) is 1.54. The van der Waals surface area contributed by atoms with E-state index < -0.39 is 26.7 Å². The Morgan fingerprint density at radius 1 is 1.15 bits per heavy atom. The van der Waals surface area contributed by atoms with Crippen molar-refractivity contribution in [1.29, 1.82) is 0 Å². The Labute approximate surface area is 151 Å². The second kappa shape index (κ2) is 7.93. The molecule has 0 spiro atoms. The number of carbonyl (C=O) groups excluding carboxylic acids is 1. The number of alkyl halides is 3. The van der Waals surface area contributed by atoms with Crippen LogP contribution in [0.2, 0.25) is 0 Å². The van der Waals surface area contributed by atoms with Gasteiger partial charge in [0.15, 0.2) is 0 Å². The Balaban J connectivity index is 2.09. The zero-order valence-corrected chi connectivity index (χ0v) is 15.4. The molecular weight excluding hydrogens is 371 g/mol. The number of benzene rings is 1. The van der Waals surface area contributed by atoms with E-state index in [1.807, 2.05) is 13.8 Å². The summed E-state index contributed by atoms with van der Waals surface area (Å²) >= 11 is 0. The average Bonchev–Trinajstić information content (AvgIpc) is 2.53. The summed E-state index contributed by atoms with van der Waals surface area (Å²) in [5.41, 5.74) is -1.17. The van der Waals surface area contributed by atoms with Crippen LogP contribution in [0.1, 0.15) is 19.4 Å². The number of carbonyl (C=O) groups is 1. The molecule has 0 saturated carbocycles. The SMILES string of the molecule is CC(C)NC(=O)CN1CCN(S(=O)(=O)c2ccccc2C(F)(F)F)CC1. The van der Waals surface area contributed by atoms with Crippen LogP contribution in [0.25, 0.3) is 0 Å². The fourth-order valence-electron chi connectivity index (χ4n) is 2.76. The monoisotopic (exact) mass is 393 g/mol. The lowest BCUT2D eigenvalue weighted by atomic mass is 10.2. The van der Waals surface area contributed by atoms with Crippen molar-refractivity contribution in [2.75, 3.05) is 32.7 Å². The summed E-state index contributed by atoms with van der Waals surface area (Å²) in [4.78, 5) is 12.8. The van der Waals surface area contributed by atoms with Gasteiger partial charge in [-0.25, -0.2) is 8.42 Å². The van der Waals surface area contributed by atoms with Crippen molar-refractivity contribution in [3.8, 4) is 0 Å². The lowest BCUT2D eigenvalue weighted by molar-refractivity contribution is -0.140. The number of nitrogens with one attached hydrogen (secondary N) is 1. The van der Waals surface area contributed by atoms with E-state index in [1.54, 1.807) is 4.90 Å². The van der Waals surface area contributed by atoms with E-state index >= 15 is 0 Å². The van der Waals surface area contributed by atoms with Crippen LogP contribution in [-0.4, -0.2) is 62.3 Å². The molecule has 0 radical (unpaired) electrons. The van der Waals surface area contributed by atoms with E-state index in [2.05, 4.69) is 5.32 Å². The zero-order chi connectivity index (χ0) is 19.5. The van der Waals surface area contributed by atoms with Gasteiger partial charge in [0.05, 0.1) is 17.0 Å². The van der Waals surface area contributed by atoms with E-state index in [0.717, 1.165) is 22.5 Å². The second-order valence-electron chi connectivity index (χ2n) is 6.40. The maximum absolute atomic E-state index is 13.1. The van der Waals surface area contributed by atoms with E-state index in [4.69, 9.17) is 0 Å². The molecule has 0 aliphatic carbocycles. The summed E-state index contributed by atoms with van der Waals surface area (Å²) in [5.74, 6) is -0.168. The molecule has 10 heteroatoms. The summed E-state index contributed by atoms with van der Waals surface area (Å²) < 4.78 is 65.7. The Bertz CT molecular complexity index is 743. The molecule has 1 saturated heterocycles. The molecule has 6 nitrogen and oxygen atoms in total. The number of halogens is 3. The molecule has 1 N–H and O–H groups in total. The first kappa shape index (κ1) is 20.7. The summed E-state index contributed by atoms with van der Waals surface area (Å²) in [6, 6.07) is 4.17. The Morgan fingerprint density at radius 3 is 2.27 bits per heavy atom. The third-order valence-electron chi connectivity index (χ3n) is 3.96. The summed E-state index contributed by atoms with van der Waals surface area (Å²) in [6.45, 7) is 4.41. The zero-order valence-electron chi connectivity index (χ0n) is 14.6. The maximum atomic E-state index is 13.1. The largest absolute Gasteiger partial charge is 0.417 e. The van der Waals surface area contributed by atoms with Gasteiger partial charge in [-0.15, -0.1) is 0 Å². The van der Waals surface area contributed by atoms with E-state index in [-0.39, 0.29) is 44.7 Å². The Hall–Kier alpha value is -1.65. The van der Waals surface area contributed by atoms with Crippen molar-refractivity contribution >= 4 is 15.9 Å². The molecule has 0 bridgehead atoms. The molecule has 1 heterocycles. The first-order valence-corrected chi connectivity index (χ1v) is 9.64. The van der Waals surface area contributed by atoms with Crippen molar-refractivity contribution < 1.29 is 26.4 Å². The quantitative estimate of drug-likeness (QED) is 0.824. The number of sulfonamides is 1. The van der Waals surface area contributed by atoms with Gasteiger partial charge in [0.1, 0.15) is 0 Å². The van der Waals surface area contributed by atoms with Gasteiger partial charge in [0.2, 0.25) is 15.9 Å². The molecule has 1 aromatic rings. The lowest BCUT2D eigenvalue weighted by Gasteiger charge is -2.34. The van der Waals surface area contributed by atoms with Crippen LogP contribution in [0.5, 0.6) is 0 Å². The van der Waals surface area contributed by atoms with Gasteiger partial charge in [-0.3, -0.25) is 9.69 Å². The van der Waals surface area contributed by atoms with Crippen molar-refractivity contribution in [3.63, 3.8) is 0 Å². The second-order valence-corrected chi connectivity index (χ2v) is 8.30. The third-order valence-corrected chi connectivity index (χ3v) is 5.92. The van der Waals surface area contributed by atoms with Crippen LogP contribution in [0, 0.1) is 0 Å². The Morgan fingerprint density at radius 2 is 1.73 bits per heavy atom. The molecule has 1 aromatic carbocycles. The first-order valence-electron chi connectivity index (χ1n) is 8.20. The van der Waals surface area contributed by atoms with E-state index in [1.165, 1.54) is 6.07 Å². The van der Waals surface area contributed by atoms with Gasteiger partial charge in [0.25, 0.3) is 0 Å². The maximum Gasteiger partial charge on any atom is 0.417 e. The minimum Gasteiger partial charge on any atom is -0.353 e. The predicted molar refractivity (Wildman–Crippen MR) is 89.9 cm³/mol. The highest BCUT2D eigenvalue weighted by Crippen LogP contribution is 2.35. The van der Waals surface area contributed by atoms with Gasteiger partial charge < -0.3 is 5.32 Å². The highest BCUT2D eigenvalue weighted by atomic mass is 32.2. The van der Waals surface area contributed by atoms with Gasteiger partial charge in [-0.05, 0) is 26.0 Å². The van der Waals surface area contributed by atoms with Gasteiger partial charge in [-0.1, -0.05) is 12.1 Å². The fourth-order valence-corrected chi connectivity index (χ4v) is 4.40.